The first-order valence-electron chi connectivity index (χ1n) is 20.6. The zero-order valence-electron chi connectivity index (χ0n) is 31.9. The lowest BCUT2D eigenvalue weighted by Gasteiger charge is -2.64. The molecular formula is C41H69NO7. The molecular weight excluding hydrogens is 618 g/mol. The Balaban J connectivity index is 0.962. The molecule has 9 fully saturated rings. The molecule has 0 amide bonds. The fourth-order valence-corrected chi connectivity index (χ4v) is 14.4. The number of nitrogens with zero attached hydrogens (tertiary/aromatic N) is 1. The molecule has 0 radical (unpaired) electrons. The lowest BCUT2D eigenvalue weighted by molar-refractivity contribution is -0.578. The maximum atomic E-state index is 12.1. The molecule has 9 aliphatic rings. The van der Waals surface area contributed by atoms with Crippen molar-refractivity contribution in [3.05, 3.63) is 0 Å². The Hall–Kier alpha value is -0.320. The standard InChI is InChI=1S/C41H69NO7/c1-23(10-9-19-42(7)8)28-13-14-31-35-32(22-34(44)40(28,31)6)38(4)17-15-27(20-26(38)21-33(35)43)45-36-25(3)30-12-11-24(2)29-16-18-39(5)47-37(46-36)41(29,30)49-48-39/h23-37,43-44H,9-22H2,1-8H3/t23-,24-,25-,26+,27-,28-,29+,30+,31+,32+,33-,34+,35+,36+,37-,38+,39+,40-,41-/m1/s1. The van der Waals surface area contributed by atoms with Crippen molar-refractivity contribution >= 4 is 0 Å². The van der Waals surface area contributed by atoms with Gasteiger partial charge in [0.2, 0.25) is 5.79 Å². The third-order valence-corrected chi connectivity index (χ3v) is 17.2. The van der Waals surface area contributed by atoms with Crippen molar-refractivity contribution < 1.29 is 34.2 Å². The number of ether oxygens (including phenoxy) is 3. The Morgan fingerprint density at radius 1 is 0.857 bits per heavy atom. The molecule has 4 saturated heterocycles. The van der Waals surface area contributed by atoms with Gasteiger partial charge in [0.15, 0.2) is 18.2 Å². The molecule has 2 bridgehead atoms. The number of hydrogen-bond donors (Lipinski definition) is 2. The van der Waals surface area contributed by atoms with Crippen LogP contribution in [0.4, 0.5) is 0 Å². The Labute approximate surface area is 296 Å². The van der Waals surface area contributed by atoms with Gasteiger partial charge in [-0.1, -0.05) is 34.6 Å². The highest BCUT2D eigenvalue weighted by atomic mass is 17.3. The highest BCUT2D eigenvalue weighted by molar-refractivity contribution is 5.15. The van der Waals surface area contributed by atoms with Gasteiger partial charge < -0.3 is 29.3 Å². The van der Waals surface area contributed by atoms with E-state index in [9.17, 15) is 10.2 Å². The number of rotatable bonds is 7. The highest BCUT2D eigenvalue weighted by Crippen LogP contribution is 2.69. The van der Waals surface area contributed by atoms with Gasteiger partial charge in [-0.05, 0) is 163 Å². The molecule has 49 heavy (non-hydrogen) atoms. The molecule has 0 aromatic rings. The molecule has 8 heteroatoms. The van der Waals surface area contributed by atoms with Gasteiger partial charge in [-0.25, -0.2) is 9.78 Å². The fraction of sp³-hybridized carbons (Fsp3) is 1.00. The smallest absolute Gasteiger partial charge is 0.201 e. The summed E-state index contributed by atoms with van der Waals surface area (Å²) in [5, 5.41) is 24.1. The summed E-state index contributed by atoms with van der Waals surface area (Å²) in [5.41, 5.74) is -0.558. The SMILES string of the molecule is C[C@H]1[C@@H](O[C@@H]2CC[C@@]3(C)[C@@H](C2)C[C@@H](O)[C@@H]2[C@@H]3C[C@H](O)[C@]3(C)[C@@H]([C@H](C)CCCN(C)C)CC[C@@H]23)O[C@@H]2O[C@]3(C)CC[C@H]4[C@H](C)CC[C@@H]1[C@@]24OO3. The molecule has 5 aliphatic carbocycles. The minimum atomic E-state index is -0.784. The summed E-state index contributed by atoms with van der Waals surface area (Å²) in [4.78, 5) is 14.7. The van der Waals surface area contributed by atoms with E-state index < -0.39 is 17.7 Å². The summed E-state index contributed by atoms with van der Waals surface area (Å²) < 4.78 is 20.5. The van der Waals surface area contributed by atoms with Gasteiger partial charge in [0.25, 0.3) is 0 Å². The predicted molar refractivity (Wildman–Crippen MR) is 187 cm³/mol. The molecule has 2 N–H and O–H groups in total. The topological polar surface area (TPSA) is 89.9 Å². The van der Waals surface area contributed by atoms with Gasteiger partial charge in [-0.3, -0.25) is 0 Å². The Kier molecular flexibility index (Phi) is 9.20. The van der Waals surface area contributed by atoms with Crippen LogP contribution in [0.15, 0.2) is 0 Å². The van der Waals surface area contributed by atoms with Crippen LogP contribution in [0.2, 0.25) is 0 Å². The molecule has 280 valence electrons. The first-order chi connectivity index (χ1) is 23.2. The minimum absolute atomic E-state index is 0.0926. The molecule has 4 heterocycles. The van der Waals surface area contributed by atoms with Gasteiger partial charge >= 0.3 is 0 Å². The summed E-state index contributed by atoms with van der Waals surface area (Å²) in [6.45, 7) is 15.1. The van der Waals surface area contributed by atoms with Gasteiger partial charge in [0.1, 0.15) is 0 Å². The van der Waals surface area contributed by atoms with Crippen LogP contribution in [-0.4, -0.2) is 78.0 Å². The fourth-order valence-electron chi connectivity index (χ4n) is 14.4. The van der Waals surface area contributed by atoms with Crippen LogP contribution in [0, 0.1) is 70.0 Å². The maximum Gasteiger partial charge on any atom is 0.201 e. The van der Waals surface area contributed by atoms with Crippen LogP contribution in [-0.2, 0) is 24.0 Å². The minimum Gasteiger partial charge on any atom is -0.393 e. The molecule has 4 aliphatic heterocycles. The van der Waals surface area contributed by atoms with E-state index in [2.05, 4.69) is 53.6 Å². The van der Waals surface area contributed by atoms with Gasteiger partial charge in [-0.15, -0.1) is 0 Å². The van der Waals surface area contributed by atoms with Crippen molar-refractivity contribution in [1.29, 1.82) is 0 Å². The molecule has 1 spiro atoms. The number of aliphatic hydroxyl groups is 2. The number of hydrogen-bond acceptors (Lipinski definition) is 8. The summed E-state index contributed by atoms with van der Waals surface area (Å²) >= 11 is 0. The summed E-state index contributed by atoms with van der Waals surface area (Å²) in [6, 6.07) is 0. The number of aliphatic hydroxyl groups excluding tert-OH is 2. The molecule has 19 atom stereocenters. The van der Waals surface area contributed by atoms with Gasteiger partial charge in [-0.2, -0.15) is 0 Å². The lowest BCUT2D eigenvalue weighted by Crippen LogP contribution is -2.70. The quantitative estimate of drug-likeness (QED) is 0.215. The Morgan fingerprint density at radius 2 is 1.63 bits per heavy atom. The summed E-state index contributed by atoms with van der Waals surface area (Å²) in [5.74, 6) is 3.10. The van der Waals surface area contributed by atoms with Crippen molar-refractivity contribution in [2.45, 2.75) is 167 Å². The van der Waals surface area contributed by atoms with E-state index in [4.69, 9.17) is 24.0 Å². The largest absolute Gasteiger partial charge is 0.393 e. The number of fused-ring (bicyclic) bond motifs is 7. The zero-order valence-corrected chi connectivity index (χ0v) is 31.9. The van der Waals surface area contributed by atoms with E-state index in [0.717, 1.165) is 64.3 Å². The molecule has 0 aromatic carbocycles. The Morgan fingerprint density at radius 3 is 2.41 bits per heavy atom. The highest BCUT2D eigenvalue weighted by Gasteiger charge is 2.70. The van der Waals surface area contributed by atoms with E-state index >= 15 is 0 Å². The van der Waals surface area contributed by atoms with E-state index in [1.54, 1.807) is 0 Å². The van der Waals surface area contributed by atoms with Crippen molar-refractivity contribution in [3.63, 3.8) is 0 Å². The van der Waals surface area contributed by atoms with Crippen LogP contribution in [0.25, 0.3) is 0 Å². The van der Waals surface area contributed by atoms with Crippen LogP contribution in [0.1, 0.15) is 125 Å². The first-order valence-corrected chi connectivity index (χ1v) is 20.6. The van der Waals surface area contributed by atoms with E-state index in [0.29, 0.717) is 41.4 Å². The van der Waals surface area contributed by atoms with Crippen LogP contribution >= 0.6 is 0 Å². The molecule has 9 rings (SSSR count). The molecule has 5 saturated carbocycles. The second-order valence-corrected chi connectivity index (χ2v) is 19.8. The average molecular weight is 688 g/mol. The van der Waals surface area contributed by atoms with E-state index in [-0.39, 0.29) is 53.2 Å². The third-order valence-electron chi connectivity index (χ3n) is 17.2. The third kappa shape index (κ3) is 5.40. The molecule has 0 unspecified atom stereocenters. The van der Waals surface area contributed by atoms with Crippen molar-refractivity contribution in [2.24, 2.45) is 70.0 Å². The predicted octanol–water partition coefficient (Wildman–Crippen LogP) is 7.16. The van der Waals surface area contributed by atoms with Crippen LogP contribution in [0.5, 0.6) is 0 Å². The zero-order chi connectivity index (χ0) is 34.7. The van der Waals surface area contributed by atoms with Crippen LogP contribution < -0.4 is 0 Å². The summed E-state index contributed by atoms with van der Waals surface area (Å²) in [6.07, 6.45) is 12.3. The molecule has 8 nitrogen and oxygen atoms in total. The van der Waals surface area contributed by atoms with Crippen molar-refractivity contribution in [3.8, 4) is 0 Å². The maximum absolute atomic E-state index is 12.1. The van der Waals surface area contributed by atoms with Crippen molar-refractivity contribution in [1.82, 2.24) is 4.90 Å². The summed E-state index contributed by atoms with van der Waals surface area (Å²) in [7, 11) is 4.32. The molecule has 0 aromatic heterocycles. The monoisotopic (exact) mass is 688 g/mol. The normalized spacial score (nSPS) is 57.1. The second-order valence-electron chi connectivity index (χ2n) is 19.8. The lowest BCUT2D eigenvalue weighted by atomic mass is 9.43. The van der Waals surface area contributed by atoms with Gasteiger partial charge in [0, 0.05) is 18.3 Å². The van der Waals surface area contributed by atoms with Crippen LogP contribution in [0.3, 0.4) is 0 Å². The first kappa shape index (κ1) is 35.7. The second kappa shape index (κ2) is 12.6. The van der Waals surface area contributed by atoms with Gasteiger partial charge in [0.05, 0.1) is 18.3 Å². The van der Waals surface area contributed by atoms with E-state index in [1.165, 1.54) is 25.7 Å². The van der Waals surface area contributed by atoms with Crippen molar-refractivity contribution in [2.75, 3.05) is 20.6 Å². The Bertz CT molecular complexity index is 1220. The average Bonchev–Trinajstić information content (AvgIpc) is 3.25. The van der Waals surface area contributed by atoms with E-state index in [1.807, 2.05) is 6.92 Å².